The van der Waals surface area contributed by atoms with Crippen LogP contribution in [0, 0.1) is 45.3 Å². The van der Waals surface area contributed by atoms with Gasteiger partial charge in [-0.25, -0.2) is 0 Å². The minimum Gasteiger partial charge on any atom is -0.394 e. The molecule has 3 saturated carbocycles. The molecule has 4 fully saturated rings. The summed E-state index contributed by atoms with van der Waals surface area (Å²) in [6.07, 6.45) is -1.84. The highest BCUT2D eigenvalue weighted by atomic mass is 16.7. The summed E-state index contributed by atoms with van der Waals surface area (Å²) in [5, 5.41) is 83.9. The van der Waals surface area contributed by atoms with Crippen LogP contribution in [0.3, 0.4) is 0 Å². The molecule has 5 rings (SSSR count). The van der Waals surface area contributed by atoms with Crippen LogP contribution in [0.1, 0.15) is 100 Å². The third kappa shape index (κ3) is 5.46. The molecular formula is C36H62O10. The van der Waals surface area contributed by atoms with Crippen LogP contribution in [0.15, 0.2) is 11.6 Å². The molecule has 16 atom stereocenters. The van der Waals surface area contributed by atoms with Gasteiger partial charge in [-0.05, 0) is 98.7 Å². The van der Waals surface area contributed by atoms with Crippen molar-refractivity contribution >= 4 is 0 Å². The van der Waals surface area contributed by atoms with Crippen molar-refractivity contribution in [1.82, 2.24) is 0 Å². The van der Waals surface area contributed by atoms with E-state index in [1.807, 2.05) is 6.92 Å². The third-order valence-corrected chi connectivity index (χ3v) is 14.6. The quantitative estimate of drug-likeness (QED) is 0.181. The SMILES string of the molecule is C[C@H]([C@H](O)[C@@H](O)[C@@H](O)C(C)(C)O)[C@@H]1CC[C@@]2(C)[C@@H]3CC=C4[C@@H](CC[C@@H](O[C@@H]5O[C@H](CO)[C@@H](O)[C@H](O)[C@H]5O)C4(C)C)[C@@]3(C)CC[C@@]12C. The molecule has 1 heterocycles. The Morgan fingerprint density at radius 2 is 1.54 bits per heavy atom. The van der Waals surface area contributed by atoms with E-state index >= 15 is 0 Å². The van der Waals surface area contributed by atoms with Crippen LogP contribution in [0.5, 0.6) is 0 Å². The van der Waals surface area contributed by atoms with Crippen molar-refractivity contribution < 1.29 is 50.3 Å². The first-order valence-corrected chi connectivity index (χ1v) is 17.6. The van der Waals surface area contributed by atoms with E-state index in [0.29, 0.717) is 11.8 Å². The Bertz CT molecular complexity index is 1130. The van der Waals surface area contributed by atoms with Gasteiger partial charge in [0.1, 0.15) is 36.6 Å². The predicted octanol–water partition coefficient (Wildman–Crippen LogP) is 2.27. The molecule has 10 heteroatoms. The van der Waals surface area contributed by atoms with Crippen LogP contribution in [0.25, 0.3) is 0 Å². The number of aliphatic hydroxyl groups is 8. The normalized spacial score (nSPS) is 48.3. The molecule has 0 amide bonds. The number of aliphatic hydroxyl groups excluding tert-OH is 7. The maximum atomic E-state index is 11.3. The molecule has 0 bridgehead atoms. The molecule has 266 valence electrons. The summed E-state index contributed by atoms with van der Waals surface area (Å²) in [5.41, 5.74) is -0.542. The zero-order valence-electron chi connectivity index (χ0n) is 29.1. The Hall–Kier alpha value is -0.660. The van der Waals surface area contributed by atoms with Gasteiger partial charge in [-0.1, -0.05) is 53.2 Å². The first-order valence-electron chi connectivity index (χ1n) is 17.6. The van der Waals surface area contributed by atoms with Crippen molar-refractivity contribution in [3.05, 3.63) is 11.6 Å². The Balaban J connectivity index is 1.36. The number of ether oxygens (including phenoxy) is 2. The molecule has 0 radical (unpaired) electrons. The second-order valence-electron chi connectivity index (χ2n) is 17.5. The summed E-state index contributed by atoms with van der Waals surface area (Å²) >= 11 is 0. The minimum absolute atomic E-state index is 0.00825. The van der Waals surface area contributed by atoms with Crippen LogP contribution < -0.4 is 0 Å². The Morgan fingerprint density at radius 3 is 2.15 bits per heavy atom. The fraction of sp³-hybridized carbons (Fsp3) is 0.944. The lowest BCUT2D eigenvalue weighted by molar-refractivity contribution is -0.320. The molecule has 0 aromatic rings. The van der Waals surface area contributed by atoms with Crippen molar-refractivity contribution in [2.24, 2.45) is 45.3 Å². The molecule has 1 saturated heterocycles. The Kier molecular flexibility index (Phi) is 9.78. The summed E-state index contributed by atoms with van der Waals surface area (Å²) < 4.78 is 12.1. The van der Waals surface area contributed by atoms with Crippen molar-refractivity contribution in [2.45, 2.75) is 161 Å². The predicted molar refractivity (Wildman–Crippen MR) is 171 cm³/mol. The highest BCUT2D eigenvalue weighted by molar-refractivity contribution is 5.30. The molecule has 10 nitrogen and oxygen atoms in total. The van der Waals surface area contributed by atoms with Gasteiger partial charge >= 0.3 is 0 Å². The van der Waals surface area contributed by atoms with Crippen LogP contribution in [-0.2, 0) is 9.47 Å². The smallest absolute Gasteiger partial charge is 0.187 e. The van der Waals surface area contributed by atoms with Crippen LogP contribution >= 0.6 is 0 Å². The highest BCUT2D eigenvalue weighted by Gasteiger charge is 2.68. The molecule has 8 N–H and O–H groups in total. The van der Waals surface area contributed by atoms with E-state index < -0.39 is 61.2 Å². The summed E-state index contributed by atoms with van der Waals surface area (Å²) in [6.45, 7) is 16.0. The van der Waals surface area contributed by atoms with Crippen LogP contribution in [0.4, 0.5) is 0 Å². The number of hydrogen-bond donors (Lipinski definition) is 8. The van der Waals surface area contributed by atoms with Gasteiger partial charge in [-0.3, -0.25) is 0 Å². The van der Waals surface area contributed by atoms with Gasteiger partial charge in [0.25, 0.3) is 0 Å². The van der Waals surface area contributed by atoms with E-state index in [2.05, 4.69) is 40.7 Å². The first-order chi connectivity index (χ1) is 21.2. The van der Waals surface area contributed by atoms with Gasteiger partial charge < -0.3 is 50.3 Å². The number of allylic oxidation sites excluding steroid dienone is 1. The molecule has 0 unspecified atom stereocenters. The fourth-order valence-electron chi connectivity index (χ4n) is 11.3. The average molecular weight is 655 g/mol. The van der Waals surface area contributed by atoms with Gasteiger partial charge in [0, 0.05) is 5.41 Å². The second-order valence-corrected chi connectivity index (χ2v) is 17.5. The van der Waals surface area contributed by atoms with E-state index in [0.717, 1.165) is 44.9 Å². The monoisotopic (exact) mass is 654 g/mol. The third-order valence-electron chi connectivity index (χ3n) is 14.6. The molecule has 0 aromatic carbocycles. The lowest BCUT2D eigenvalue weighted by Gasteiger charge is -2.66. The van der Waals surface area contributed by atoms with Crippen molar-refractivity contribution in [3.63, 3.8) is 0 Å². The van der Waals surface area contributed by atoms with E-state index in [-0.39, 0.29) is 39.6 Å². The van der Waals surface area contributed by atoms with Crippen LogP contribution in [0.2, 0.25) is 0 Å². The summed E-state index contributed by atoms with van der Waals surface area (Å²) in [5.74, 6) is 0.674. The van der Waals surface area contributed by atoms with Gasteiger partial charge in [-0.15, -0.1) is 0 Å². The van der Waals surface area contributed by atoms with E-state index in [1.165, 1.54) is 19.4 Å². The molecule has 0 aromatic heterocycles. The number of rotatable bonds is 8. The number of fused-ring (bicyclic) bond motifs is 5. The van der Waals surface area contributed by atoms with Gasteiger partial charge in [0.2, 0.25) is 0 Å². The molecule has 4 aliphatic carbocycles. The molecular weight excluding hydrogens is 592 g/mol. The average Bonchev–Trinajstić information content (AvgIpc) is 3.27. The Morgan fingerprint density at radius 1 is 0.891 bits per heavy atom. The lowest BCUT2D eigenvalue weighted by atomic mass is 9.39. The lowest BCUT2D eigenvalue weighted by Crippen LogP contribution is -2.62. The van der Waals surface area contributed by atoms with E-state index in [4.69, 9.17) is 9.47 Å². The largest absolute Gasteiger partial charge is 0.394 e. The molecule has 0 spiro atoms. The van der Waals surface area contributed by atoms with Crippen molar-refractivity contribution in [3.8, 4) is 0 Å². The summed E-state index contributed by atoms with van der Waals surface area (Å²) in [4.78, 5) is 0. The summed E-state index contributed by atoms with van der Waals surface area (Å²) in [6, 6.07) is 0. The molecule has 46 heavy (non-hydrogen) atoms. The first kappa shape index (κ1) is 36.6. The second kappa shape index (κ2) is 12.3. The topological polar surface area (TPSA) is 180 Å². The maximum absolute atomic E-state index is 11.3. The minimum atomic E-state index is -1.53. The van der Waals surface area contributed by atoms with Crippen molar-refractivity contribution in [2.75, 3.05) is 6.61 Å². The van der Waals surface area contributed by atoms with Gasteiger partial charge in [0.05, 0.1) is 24.4 Å². The summed E-state index contributed by atoms with van der Waals surface area (Å²) in [7, 11) is 0. The standard InChI is InChI=1S/C36H62O10/c1-18(25(38)28(41)30(43)33(4,5)44)19-13-14-36(8)23-11-9-20-21(34(23,6)15-16-35(19,36)7)10-12-24(32(20,2)3)46-31-29(42)27(40)26(39)22(17-37)45-31/h9,18-19,21-31,37-44H,10-17H2,1-8H3/t18-,19-,21+,22+,23+,24+,25-,26+,27-,28+,29+,30+,31-,34+,35-,36-/m0/s1. The zero-order valence-corrected chi connectivity index (χ0v) is 29.1. The Labute approximate surface area is 274 Å². The molecule has 1 aliphatic heterocycles. The van der Waals surface area contributed by atoms with Gasteiger partial charge in [0.15, 0.2) is 6.29 Å². The van der Waals surface area contributed by atoms with Gasteiger partial charge in [-0.2, -0.15) is 0 Å². The van der Waals surface area contributed by atoms with E-state index in [1.54, 1.807) is 0 Å². The fourth-order valence-corrected chi connectivity index (χ4v) is 11.3. The highest BCUT2D eigenvalue weighted by Crippen LogP contribution is 2.75. The van der Waals surface area contributed by atoms with Crippen LogP contribution in [-0.4, -0.2) is 108 Å². The molecule has 5 aliphatic rings. The zero-order chi connectivity index (χ0) is 34.4. The van der Waals surface area contributed by atoms with E-state index in [9.17, 15) is 40.9 Å². The maximum Gasteiger partial charge on any atom is 0.187 e. The number of hydrogen-bond acceptors (Lipinski definition) is 10. The van der Waals surface area contributed by atoms with Crippen molar-refractivity contribution in [1.29, 1.82) is 0 Å².